The van der Waals surface area contributed by atoms with Crippen molar-refractivity contribution in [3.8, 4) is 5.75 Å². The van der Waals surface area contributed by atoms with Gasteiger partial charge in [0, 0.05) is 39.1 Å². The van der Waals surface area contributed by atoms with E-state index in [4.69, 9.17) is 27.9 Å². The SMILES string of the molecule is COc1ccccc1SC(CCc1ccc(Cl)cc1Cl)Cn1ccnc1. The predicted molar refractivity (Wildman–Crippen MR) is 110 cm³/mol. The molecular weight excluding hydrogens is 387 g/mol. The molecule has 6 heteroatoms. The largest absolute Gasteiger partial charge is 0.496 e. The third-order valence-electron chi connectivity index (χ3n) is 4.09. The van der Waals surface area contributed by atoms with Gasteiger partial charge in [-0.3, -0.25) is 0 Å². The molecule has 2 aromatic carbocycles. The highest BCUT2D eigenvalue weighted by Gasteiger charge is 2.15. The average Bonchev–Trinajstić information content (AvgIpc) is 3.14. The molecule has 0 fully saturated rings. The summed E-state index contributed by atoms with van der Waals surface area (Å²) in [6.45, 7) is 0.869. The zero-order chi connectivity index (χ0) is 18.4. The highest BCUT2D eigenvalue weighted by atomic mass is 35.5. The fourth-order valence-electron chi connectivity index (χ4n) is 2.75. The van der Waals surface area contributed by atoms with Crippen LogP contribution in [0.3, 0.4) is 0 Å². The van der Waals surface area contributed by atoms with Gasteiger partial charge < -0.3 is 9.30 Å². The minimum Gasteiger partial charge on any atom is -0.496 e. The molecule has 26 heavy (non-hydrogen) atoms. The minimum atomic E-state index is 0.354. The Balaban J connectivity index is 1.74. The molecule has 0 amide bonds. The number of para-hydroxylation sites is 1. The molecule has 0 aliphatic carbocycles. The van der Waals surface area contributed by atoms with Crippen molar-refractivity contribution in [2.24, 2.45) is 0 Å². The number of nitrogens with zero attached hydrogens (tertiary/aromatic N) is 2. The maximum absolute atomic E-state index is 6.34. The number of rotatable bonds is 8. The zero-order valence-corrected chi connectivity index (χ0v) is 16.8. The van der Waals surface area contributed by atoms with Gasteiger partial charge >= 0.3 is 0 Å². The second-order valence-electron chi connectivity index (χ2n) is 5.92. The fourth-order valence-corrected chi connectivity index (χ4v) is 4.52. The molecule has 0 aliphatic rings. The Morgan fingerprint density at radius 2 is 2.04 bits per heavy atom. The quantitative estimate of drug-likeness (QED) is 0.429. The predicted octanol–water partition coefficient (Wildman–Crippen LogP) is 5.99. The number of imidazole rings is 1. The van der Waals surface area contributed by atoms with Crippen LogP contribution in [-0.2, 0) is 13.0 Å². The van der Waals surface area contributed by atoms with Crippen LogP contribution < -0.4 is 4.74 Å². The van der Waals surface area contributed by atoms with E-state index in [-0.39, 0.29) is 0 Å². The topological polar surface area (TPSA) is 27.1 Å². The Morgan fingerprint density at radius 1 is 1.19 bits per heavy atom. The summed E-state index contributed by atoms with van der Waals surface area (Å²) in [5, 5.41) is 1.74. The van der Waals surface area contributed by atoms with E-state index in [0.29, 0.717) is 10.3 Å². The normalized spacial score (nSPS) is 12.1. The molecule has 1 unspecified atom stereocenters. The molecule has 1 aromatic heterocycles. The molecule has 1 atom stereocenters. The summed E-state index contributed by atoms with van der Waals surface area (Å²) in [5.41, 5.74) is 1.12. The maximum atomic E-state index is 6.34. The van der Waals surface area contributed by atoms with Crippen LogP contribution >= 0.6 is 35.0 Å². The Labute approximate surface area is 168 Å². The maximum Gasteiger partial charge on any atom is 0.132 e. The first-order valence-electron chi connectivity index (χ1n) is 8.35. The third-order valence-corrected chi connectivity index (χ3v) is 5.98. The third kappa shape index (κ3) is 5.19. The van der Waals surface area contributed by atoms with Crippen LogP contribution in [0.25, 0.3) is 0 Å². The van der Waals surface area contributed by atoms with Gasteiger partial charge in [-0.15, -0.1) is 11.8 Å². The number of aryl methyl sites for hydroxylation is 1. The van der Waals surface area contributed by atoms with Gasteiger partial charge in [0.1, 0.15) is 5.75 Å². The molecule has 0 radical (unpaired) electrons. The van der Waals surface area contributed by atoms with Crippen LogP contribution in [0.2, 0.25) is 10.0 Å². The minimum absolute atomic E-state index is 0.354. The summed E-state index contributed by atoms with van der Waals surface area (Å²) < 4.78 is 7.61. The number of thioether (sulfide) groups is 1. The molecule has 136 valence electrons. The van der Waals surface area contributed by atoms with Crippen molar-refractivity contribution < 1.29 is 4.74 Å². The van der Waals surface area contributed by atoms with Gasteiger partial charge in [-0.2, -0.15) is 0 Å². The van der Waals surface area contributed by atoms with Gasteiger partial charge in [0.15, 0.2) is 0 Å². The van der Waals surface area contributed by atoms with E-state index in [1.54, 1.807) is 19.4 Å². The smallest absolute Gasteiger partial charge is 0.132 e. The van der Waals surface area contributed by atoms with Gasteiger partial charge in [0.25, 0.3) is 0 Å². The molecule has 0 spiro atoms. The van der Waals surface area contributed by atoms with Gasteiger partial charge in [-0.25, -0.2) is 4.98 Å². The van der Waals surface area contributed by atoms with Crippen molar-refractivity contribution in [1.29, 1.82) is 0 Å². The second kappa shape index (κ2) is 9.36. The van der Waals surface area contributed by atoms with Crippen molar-refractivity contribution in [2.45, 2.75) is 29.5 Å². The Hall–Kier alpha value is -1.62. The summed E-state index contributed by atoms with van der Waals surface area (Å²) in [4.78, 5) is 5.29. The van der Waals surface area contributed by atoms with Crippen molar-refractivity contribution in [1.82, 2.24) is 9.55 Å². The van der Waals surface area contributed by atoms with E-state index in [1.165, 1.54) is 0 Å². The lowest BCUT2D eigenvalue weighted by atomic mass is 10.1. The highest BCUT2D eigenvalue weighted by Crippen LogP contribution is 2.35. The van der Waals surface area contributed by atoms with Crippen LogP contribution in [0.15, 0.2) is 66.1 Å². The summed E-state index contributed by atoms with van der Waals surface area (Å²) in [6.07, 6.45) is 7.51. The Morgan fingerprint density at radius 3 is 2.77 bits per heavy atom. The van der Waals surface area contributed by atoms with E-state index in [2.05, 4.69) is 15.6 Å². The number of benzene rings is 2. The standard InChI is InChI=1S/C20H20Cl2N2OS/c1-25-19-4-2-3-5-20(19)26-17(13-24-11-10-23-14-24)9-7-15-6-8-16(21)12-18(15)22/h2-6,8,10-12,14,17H,7,9,13H2,1H3. The first-order chi connectivity index (χ1) is 12.7. The molecule has 0 bridgehead atoms. The molecule has 0 aliphatic heterocycles. The lowest BCUT2D eigenvalue weighted by Crippen LogP contribution is -2.13. The molecule has 0 N–H and O–H groups in total. The van der Waals surface area contributed by atoms with Gasteiger partial charge in [-0.05, 0) is 42.7 Å². The number of hydrogen-bond donors (Lipinski definition) is 0. The first kappa shape index (κ1) is 19.2. The van der Waals surface area contributed by atoms with Crippen LogP contribution in [0.1, 0.15) is 12.0 Å². The summed E-state index contributed by atoms with van der Waals surface area (Å²) >= 11 is 14.2. The number of hydrogen-bond acceptors (Lipinski definition) is 3. The Kier molecular flexibility index (Phi) is 6.89. The Bertz CT molecular complexity index is 840. The van der Waals surface area contributed by atoms with E-state index >= 15 is 0 Å². The van der Waals surface area contributed by atoms with E-state index < -0.39 is 0 Å². The molecule has 3 nitrogen and oxygen atoms in total. The van der Waals surface area contributed by atoms with Crippen LogP contribution in [-0.4, -0.2) is 21.9 Å². The van der Waals surface area contributed by atoms with Crippen LogP contribution in [0.5, 0.6) is 5.75 Å². The molecule has 0 saturated heterocycles. The van der Waals surface area contributed by atoms with Gasteiger partial charge in [0.05, 0.1) is 13.4 Å². The lowest BCUT2D eigenvalue weighted by Gasteiger charge is -2.19. The van der Waals surface area contributed by atoms with E-state index in [9.17, 15) is 0 Å². The highest BCUT2D eigenvalue weighted by molar-refractivity contribution is 8.00. The number of aromatic nitrogens is 2. The van der Waals surface area contributed by atoms with Crippen LogP contribution in [0, 0.1) is 0 Å². The molecule has 3 aromatic rings. The molecular formula is C20H20Cl2N2OS. The van der Waals surface area contributed by atoms with Crippen LogP contribution in [0.4, 0.5) is 0 Å². The van der Waals surface area contributed by atoms with Gasteiger partial charge in [-0.1, -0.05) is 41.4 Å². The summed E-state index contributed by atoms with van der Waals surface area (Å²) in [5.74, 6) is 0.901. The van der Waals surface area contributed by atoms with E-state index in [1.807, 2.05) is 54.6 Å². The average molecular weight is 407 g/mol. The number of ether oxygens (including phenoxy) is 1. The first-order valence-corrected chi connectivity index (χ1v) is 9.98. The lowest BCUT2D eigenvalue weighted by molar-refractivity contribution is 0.404. The summed E-state index contributed by atoms with van der Waals surface area (Å²) in [6, 6.07) is 13.8. The number of methoxy groups -OCH3 is 1. The summed E-state index contributed by atoms with van der Waals surface area (Å²) in [7, 11) is 1.71. The molecule has 3 rings (SSSR count). The monoisotopic (exact) mass is 406 g/mol. The fraction of sp³-hybridized carbons (Fsp3) is 0.250. The van der Waals surface area contributed by atoms with Crippen molar-refractivity contribution in [2.75, 3.05) is 7.11 Å². The molecule has 0 saturated carbocycles. The van der Waals surface area contributed by atoms with Crippen molar-refractivity contribution >= 4 is 35.0 Å². The second-order valence-corrected chi connectivity index (χ2v) is 8.11. The number of halogens is 2. The van der Waals surface area contributed by atoms with E-state index in [0.717, 1.165) is 40.6 Å². The molecule has 1 heterocycles. The zero-order valence-electron chi connectivity index (χ0n) is 14.4. The van der Waals surface area contributed by atoms with Crippen molar-refractivity contribution in [3.05, 3.63) is 76.8 Å². The van der Waals surface area contributed by atoms with Crippen molar-refractivity contribution in [3.63, 3.8) is 0 Å². The van der Waals surface area contributed by atoms with Gasteiger partial charge in [0.2, 0.25) is 0 Å².